The Morgan fingerprint density at radius 3 is 2.79 bits per heavy atom. The average molecular weight is 366 g/mol. The van der Waals surface area contributed by atoms with Crippen molar-refractivity contribution in [1.82, 2.24) is 4.98 Å². The monoisotopic (exact) mass is 366 g/mol. The van der Waals surface area contributed by atoms with E-state index in [1.54, 1.807) is 6.34 Å². The van der Waals surface area contributed by atoms with E-state index in [2.05, 4.69) is 32.4 Å². The maximum atomic E-state index is 10.5. The number of hydrogen-bond acceptors (Lipinski definition) is 4. The molecule has 0 fully saturated rings. The number of aromatic hydroxyl groups is 1. The van der Waals surface area contributed by atoms with Crippen molar-refractivity contribution in [3.05, 3.63) is 88.4 Å². The van der Waals surface area contributed by atoms with Crippen molar-refractivity contribution in [2.45, 2.75) is 6.54 Å². The van der Waals surface area contributed by atoms with E-state index in [0.29, 0.717) is 6.54 Å². The quantitative estimate of drug-likeness (QED) is 0.516. The zero-order valence-electron chi connectivity index (χ0n) is 15.1. The Balaban J connectivity index is 1.59. The van der Waals surface area contributed by atoms with Crippen LogP contribution in [0.15, 0.2) is 76.7 Å². The zero-order chi connectivity index (χ0) is 18.9. The number of hydrogen-bond donors (Lipinski definition) is 3. The van der Waals surface area contributed by atoms with Crippen LogP contribution in [0.1, 0.15) is 11.1 Å². The van der Waals surface area contributed by atoms with E-state index in [0.717, 1.165) is 38.4 Å². The molecule has 0 radical (unpaired) electrons. The minimum atomic E-state index is 0.151. The van der Waals surface area contributed by atoms with Crippen LogP contribution in [-0.2, 0) is 6.54 Å². The summed E-state index contributed by atoms with van der Waals surface area (Å²) >= 11 is 0. The molecule has 0 aliphatic carbocycles. The molecule has 5 heteroatoms. The first-order valence-corrected chi connectivity index (χ1v) is 9.11. The van der Waals surface area contributed by atoms with Crippen molar-refractivity contribution in [1.29, 1.82) is 0 Å². The third-order valence-electron chi connectivity index (χ3n) is 4.87. The van der Waals surface area contributed by atoms with E-state index in [9.17, 15) is 5.11 Å². The Labute approximate surface area is 161 Å². The lowest BCUT2D eigenvalue weighted by Crippen LogP contribution is -2.07. The van der Waals surface area contributed by atoms with Gasteiger partial charge in [0.1, 0.15) is 6.34 Å². The van der Waals surface area contributed by atoms with Gasteiger partial charge in [0.2, 0.25) is 0 Å². The summed E-state index contributed by atoms with van der Waals surface area (Å²) in [6, 6.07) is 22.1. The number of aromatic nitrogens is 1. The molecule has 0 amide bonds. The van der Waals surface area contributed by atoms with Gasteiger partial charge in [-0.25, -0.2) is 9.98 Å². The van der Waals surface area contributed by atoms with E-state index in [4.69, 9.17) is 0 Å². The van der Waals surface area contributed by atoms with Gasteiger partial charge in [-0.2, -0.15) is 0 Å². The van der Waals surface area contributed by atoms with Crippen LogP contribution in [0.5, 0.6) is 5.88 Å². The molecule has 1 aliphatic heterocycles. The van der Waals surface area contributed by atoms with E-state index < -0.39 is 0 Å². The number of nitrogens with one attached hydrogen (secondary N) is 2. The molecule has 5 rings (SSSR count). The Kier molecular flexibility index (Phi) is 3.91. The second-order valence-corrected chi connectivity index (χ2v) is 6.72. The number of benzene rings is 3. The molecule has 0 unspecified atom stereocenters. The molecule has 0 saturated heterocycles. The Hall–Kier alpha value is -3.86. The van der Waals surface area contributed by atoms with Crippen molar-refractivity contribution in [3.63, 3.8) is 0 Å². The fourth-order valence-corrected chi connectivity index (χ4v) is 3.50. The molecule has 1 aromatic heterocycles. The van der Waals surface area contributed by atoms with Crippen molar-refractivity contribution < 1.29 is 5.11 Å². The van der Waals surface area contributed by atoms with Gasteiger partial charge in [-0.05, 0) is 41.1 Å². The molecule has 5 nitrogen and oxygen atoms in total. The third-order valence-corrected chi connectivity index (χ3v) is 4.87. The van der Waals surface area contributed by atoms with Gasteiger partial charge in [0.25, 0.3) is 0 Å². The lowest BCUT2D eigenvalue weighted by atomic mass is 10.1. The highest BCUT2D eigenvalue weighted by molar-refractivity contribution is 6.00. The number of H-pyrrole nitrogens is 1. The fraction of sp³-hybridized carbons (Fsp3) is 0.0435. The molecule has 0 bridgehead atoms. The average Bonchev–Trinajstić information content (AvgIpc) is 3.31. The molecule has 4 aromatic rings. The van der Waals surface area contributed by atoms with Gasteiger partial charge in [0.15, 0.2) is 5.88 Å². The minimum absolute atomic E-state index is 0.151. The number of aromatic amines is 1. The summed E-state index contributed by atoms with van der Waals surface area (Å²) < 4.78 is 0. The van der Waals surface area contributed by atoms with Crippen LogP contribution < -0.4 is 15.9 Å². The zero-order valence-corrected chi connectivity index (χ0v) is 15.1. The molecule has 1 aliphatic rings. The Bertz CT molecular complexity index is 1320. The number of nitrogens with zero attached hydrogens (tertiary/aromatic N) is 2. The summed E-state index contributed by atoms with van der Waals surface area (Å²) in [5.41, 5.74) is 4.65. The molecule has 0 saturated carbocycles. The molecule has 3 aromatic carbocycles. The normalized spacial score (nSPS) is 12.9. The summed E-state index contributed by atoms with van der Waals surface area (Å²) in [5, 5.41) is 16.8. The molecular formula is C23H18N4O. The smallest absolute Gasteiger partial charge is 0.196 e. The van der Waals surface area contributed by atoms with Crippen LogP contribution in [0.3, 0.4) is 0 Å². The standard InChI is InChI=1S/C23H18N4O/c28-23-17(11-16-9-10-18-21(12-16)26-14-25-18)22-19(7-4-8-20(22)27-23)24-13-15-5-2-1-3-6-15/h1-12,14,24,27-28H,13H2/b16-11+. The lowest BCUT2D eigenvalue weighted by Gasteiger charge is -2.09. The highest BCUT2D eigenvalue weighted by Crippen LogP contribution is 2.33. The van der Waals surface area contributed by atoms with Crippen LogP contribution >= 0.6 is 0 Å². The SMILES string of the molecule is Oc1[nH]c2cccc(NCc3ccccc3)c2c1/C=c1\ccc2c(c1)N=CN=2. The summed E-state index contributed by atoms with van der Waals surface area (Å²) in [6.45, 7) is 0.709. The number of rotatable bonds is 4. The van der Waals surface area contributed by atoms with Crippen molar-refractivity contribution in [2.75, 3.05) is 5.32 Å². The maximum absolute atomic E-state index is 10.5. The molecule has 2 heterocycles. The lowest BCUT2D eigenvalue weighted by molar-refractivity contribution is 0.457. The van der Waals surface area contributed by atoms with E-state index >= 15 is 0 Å². The van der Waals surface area contributed by atoms with Gasteiger partial charge in [-0.15, -0.1) is 0 Å². The first-order chi connectivity index (χ1) is 13.8. The Morgan fingerprint density at radius 1 is 1.00 bits per heavy atom. The van der Waals surface area contributed by atoms with Gasteiger partial charge < -0.3 is 15.4 Å². The van der Waals surface area contributed by atoms with Gasteiger partial charge in [-0.3, -0.25) is 0 Å². The highest BCUT2D eigenvalue weighted by atomic mass is 16.3. The first-order valence-electron chi connectivity index (χ1n) is 9.11. The predicted octanol–water partition coefficient (Wildman–Crippen LogP) is 3.61. The number of anilines is 1. The molecular weight excluding hydrogens is 348 g/mol. The molecule has 28 heavy (non-hydrogen) atoms. The van der Waals surface area contributed by atoms with Crippen molar-refractivity contribution in [2.24, 2.45) is 9.98 Å². The maximum Gasteiger partial charge on any atom is 0.196 e. The molecule has 136 valence electrons. The molecule has 0 spiro atoms. The summed E-state index contributed by atoms with van der Waals surface area (Å²) in [7, 11) is 0. The van der Waals surface area contributed by atoms with Crippen LogP contribution in [0.25, 0.3) is 17.0 Å². The van der Waals surface area contributed by atoms with Crippen LogP contribution in [-0.4, -0.2) is 16.4 Å². The van der Waals surface area contributed by atoms with Gasteiger partial charge in [-0.1, -0.05) is 42.5 Å². The van der Waals surface area contributed by atoms with Crippen LogP contribution in [0.2, 0.25) is 0 Å². The predicted molar refractivity (Wildman–Crippen MR) is 113 cm³/mol. The highest BCUT2D eigenvalue weighted by Gasteiger charge is 2.12. The van der Waals surface area contributed by atoms with Crippen LogP contribution in [0.4, 0.5) is 11.4 Å². The van der Waals surface area contributed by atoms with E-state index in [1.165, 1.54) is 5.56 Å². The molecule has 3 N–H and O–H groups in total. The third kappa shape index (κ3) is 2.93. The van der Waals surface area contributed by atoms with E-state index in [-0.39, 0.29) is 5.88 Å². The topological polar surface area (TPSA) is 72.8 Å². The van der Waals surface area contributed by atoms with Gasteiger partial charge in [0, 0.05) is 23.2 Å². The summed E-state index contributed by atoms with van der Waals surface area (Å²) in [6.07, 6.45) is 3.53. The second-order valence-electron chi connectivity index (χ2n) is 6.72. The second kappa shape index (κ2) is 6.70. The molecule has 0 atom stereocenters. The van der Waals surface area contributed by atoms with Gasteiger partial charge in [0.05, 0.1) is 16.6 Å². The fourth-order valence-electron chi connectivity index (χ4n) is 3.50. The van der Waals surface area contributed by atoms with Crippen molar-refractivity contribution in [3.8, 4) is 5.88 Å². The van der Waals surface area contributed by atoms with Crippen molar-refractivity contribution >= 4 is 34.7 Å². The van der Waals surface area contributed by atoms with E-state index in [1.807, 2.05) is 60.7 Å². The first kappa shape index (κ1) is 16.3. The van der Waals surface area contributed by atoms with Gasteiger partial charge >= 0.3 is 0 Å². The summed E-state index contributed by atoms with van der Waals surface area (Å²) in [5.74, 6) is 0.151. The summed E-state index contributed by atoms with van der Waals surface area (Å²) in [4.78, 5) is 11.5. The number of aliphatic imine (C=N–C) groups is 1. The minimum Gasteiger partial charge on any atom is -0.494 e. The Morgan fingerprint density at radius 2 is 1.89 bits per heavy atom. The largest absolute Gasteiger partial charge is 0.494 e. The number of fused-ring (bicyclic) bond motifs is 2. The van der Waals surface area contributed by atoms with Crippen LogP contribution in [0, 0.1) is 0 Å².